The Morgan fingerprint density at radius 2 is 1.79 bits per heavy atom. The van der Waals surface area contributed by atoms with Crippen molar-refractivity contribution in [2.24, 2.45) is 10.7 Å². The summed E-state index contributed by atoms with van der Waals surface area (Å²) >= 11 is 0. The summed E-state index contributed by atoms with van der Waals surface area (Å²) in [5.74, 6) is 2.03. The van der Waals surface area contributed by atoms with Crippen LogP contribution >= 0.6 is 0 Å². The molecule has 1 aliphatic rings. The van der Waals surface area contributed by atoms with Crippen LogP contribution in [0.4, 0.5) is 5.69 Å². The molecule has 2 aromatic rings. The number of rotatable bonds is 6. The van der Waals surface area contributed by atoms with Gasteiger partial charge in [0.15, 0.2) is 17.5 Å². The van der Waals surface area contributed by atoms with Gasteiger partial charge in [0.1, 0.15) is 0 Å². The Morgan fingerprint density at radius 1 is 1.07 bits per heavy atom. The van der Waals surface area contributed by atoms with Gasteiger partial charge < -0.3 is 20.5 Å². The van der Waals surface area contributed by atoms with Gasteiger partial charge in [0.2, 0.25) is 0 Å². The highest BCUT2D eigenvalue weighted by Crippen LogP contribution is 2.33. The van der Waals surface area contributed by atoms with Gasteiger partial charge in [-0.3, -0.25) is 9.89 Å². The zero-order valence-corrected chi connectivity index (χ0v) is 17.2. The molecule has 0 amide bonds. The van der Waals surface area contributed by atoms with Gasteiger partial charge in [-0.1, -0.05) is 6.07 Å². The van der Waals surface area contributed by atoms with E-state index >= 15 is 0 Å². The Bertz CT molecular complexity index is 864. The molecule has 0 saturated carbocycles. The van der Waals surface area contributed by atoms with Crippen molar-refractivity contribution in [3.8, 4) is 11.5 Å². The number of anilines is 1. The van der Waals surface area contributed by atoms with E-state index < -0.39 is 0 Å². The standard InChI is InChI=1S/C22H30N4O2/c1-15-5-6-19(11-16(15)2)25-22(23)24-8-10-26-9-7-17-12-20(27-3)21(28-4)13-18(17)14-26/h5-6,11-13H,7-10,14H2,1-4H3,(H3,23,24,25). The highest BCUT2D eigenvalue weighted by atomic mass is 16.5. The predicted molar refractivity (Wildman–Crippen MR) is 115 cm³/mol. The zero-order chi connectivity index (χ0) is 20.1. The molecule has 6 nitrogen and oxygen atoms in total. The van der Waals surface area contributed by atoms with E-state index in [4.69, 9.17) is 15.2 Å². The van der Waals surface area contributed by atoms with Crippen LogP contribution in [-0.2, 0) is 13.0 Å². The van der Waals surface area contributed by atoms with E-state index in [1.165, 1.54) is 22.3 Å². The molecule has 1 aliphatic heterocycles. The van der Waals surface area contributed by atoms with Crippen molar-refractivity contribution in [3.05, 3.63) is 52.6 Å². The summed E-state index contributed by atoms with van der Waals surface area (Å²) < 4.78 is 10.8. The minimum atomic E-state index is 0.451. The average Bonchev–Trinajstić information content (AvgIpc) is 2.69. The molecule has 0 spiro atoms. The molecule has 2 aromatic carbocycles. The molecule has 1 heterocycles. The number of benzene rings is 2. The lowest BCUT2D eigenvalue weighted by Crippen LogP contribution is -2.33. The second-order valence-corrected chi connectivity index (χ2v) is 7.19. The number of hydrogen-bond donors (Lipinski definition) is 2. The number of aliphatic imine (C=N–C) groups is 1. The van der Waals surface area contributed by atoms with E-state index in [0.29, 0.717) is 12.5 Å². The first-order chi connectivity index (χ1) is 13.5. The summed E-state index contributed by atoms with van der Waals surface area (Å²) in [4.78, 5) is 6.87. The number of nitrogens with zero attached hydrogens (tertiary/aromatic N) is 2. The Labute approximate surface area is 167 Å². The van der Waals surface area contributed by atoms with Gasteiger partial charge in [0, 0.05) is 25.3 Å². The minimum absolute atomic E-state index is 0.451. The predicted octanol–water partition coefficient (Wildman–Crippen LogP) is 3.11. The number of methoxy groups -OCH3 is 2. The van der Waals surface area contributed by atoms with Crippen molar-refractivity contribution in [2.45, 2.75) is 26.8 Å². The highest BCUT2D eigenvalue weighted by Gasteiger charge is 2.19. The van der Waals surface area contributed by atoms with Crippen LogP contribution in [0.25, 0.3) is 0 Å². The smallest absolute Gasteiger partial charge is 0.193 e. The van der Waals surface area contributed by atoms with Gasteiger partial charge in [-0.05, 0) is 66.8 Å². The van der Waals surface area contributed by atoms with Gasteiger partial charge in [-0.15, -0.1) is 0 Å². The number of ether oxygens (including phenoxy) is 2. The van der Waals surface area contributed by atoms with E-state index in [1.807, 2.05) is 6.07 Å². The van der Waals surface area contributed by atoms with Gasteiger partial charge in [-0.2, -0.15) is 0 Å². The van der Waals surface area contributed by atoms with Crippen LogP contribution < -0.4 is 20.5 Å². The van der Waals surface area contributed by atoms with E-state index in [1.54, 1.807) is 14.2 Å². The first-order valence-corrected chi connectivity index (χ1v) is 9.60. The van der Waals surface area contributed by atoms with E-state index in [-0.39, 0.29) is 0 Å². The van der Waals surface area contributed by atoms with Crippen molar-refractivity contribution >= 4 is 11.6 Å². The van der Waals surface area contributed by atoms with Crippen LogP contribution in [-0.4, -0.2) is 44.7 Å². The Kier molecular flexibility index (Phi) is 6.41. The van der Waals surface area contributed by atoms with Crippen LogP contribution in [0, 0.1) is 13.8 Å². The maximum Gasteiger partial charge on any atom is 0.193 e. The summed E-state index contributed by atoms with van der Waals surface area (Å²) in [5, 5.41) is 3.17. The molecule has 0 radical (unpaired) electrons. The quantitative estimate of drug-likeness (QED) is 0.593. The molecular weight excluding hydrogens is 352 g/mol. The molecule has 6 heteroatoms. The Balaban J connectivity index is 1.55. The first kappa shape index (κ1) is 20.0. The van der Waals surface area contributed by atoms with Gasteiger partial charge in [-0.25, -0.2) is 0 Å². The SMILES string of the molecule is COc1cc2c(cc1OC)CN(CCN=C(N)Nc1ccc(C)c(C)c1)CC2. The average molecular weight is 383 g/mol. The highest BCUT2D eigenvalue weighted by molar-refractivity contribution is 5.92. The maximum absolute atomic E-state index is 6.05. The number of aryl methyl sites for hydroxylation is 2. The van der Waals surface area contributed by atoms with Crippen molar-refractivity contribution in [1.29, 1.82) is 0 Å². The largest absolute Gasteiger partial charge is 0.493 e. The van der Waals surface area contributed by atoms with Crippen LogP contribution in [0.5, 0.6) is 11.5 Å². The minimum Gasteiger partial charge on any atom is -0.493 e. The lowest BCUT2D eigenvalue weighted by molar-refractivity contribution is 0.260. The molecule has 3 N–H and O–H groups in total. The summed E-state index contributed by atoms with van der Waals surface area (Å²) in [6.45, 7) is 7.60. The molecule has 0 aromatic heterocycles. The van der Waals surface area contributed by atoms with Crippen molar-refractivity contribution in [2.75, 3.05) is 39.2 Å². The Morgan fingerprint density at radius 3 is 2.46 bits per heavy atom. The third kappa shape index (κ3) is 4.75. The van der Waals surface area contributed by atoms with Crippen LogP contribution in [0.1, 0.15) is 22.3 Å². The maximum atomic E-state index is 6.05. The van der Waals surface area contributed by atoms with Gasteiger partial charge in [0.05, 0.1) is 20.8 Å². The topological polar surface area (TPSA) is 72.1 Å². The molecule has 0 fully saturated rings. The third-order valence-corrected chi connectivity index (χ3v) is 5.27. The van der Waals surface area contributed by atoms with E-state index in [2.05, 4.69) is 53.3 Å². The van der Waals surface area contributed by atoms with Crippen molar-refractivity contribution in [1.82, 2.24) is 4.90 Å². The summed E-state index contributed by atoms with van der Waals surface area (Å²) in [6, 6.07) is 10.4. The van der Waals surface area contributed by atoms with Crippen LogP contribution in [0.15, 0.2) is 35.3 Å². The van der Waals surface area contributed by atoms with Crippen LogP contribution in [0.2, 0.25) is 0 Å². The number of fused-ring (bicyclic) bond motifs is 1. The molecule has 3 rings (SSSR count). The molecular formula is C22H30N4O2. The molecule has 0 aliphatic carbocycles. The number of guanidine groups is 1. The molecule has 0 bridgehead atoms. The van der Waals surface area contributed by atoms with E-state index in [0.717, 1.165) is 43.2 Å². The van der Waals surface area contributed by atoms with E-state index in [9.17, 15) is 0 Å². The van der Waals surface area contributed by atoms with Gasteiger partial charge in [0.25, 0.3) is 0 Å². The van der Waals surface area contributed by atoms with Crippen LogP contribution in [0.3, 0.4) is 0 Å². The summed E-state index contributed by atoms with van der Waals surface area (Å²) in [6.07, 6.45) is 0.996. The fraction of sp³-hybridized carbons (Fsp3) is 0.409. The van der Waals surface area contributed by atoms with Crippen molar-refractivity contribution < 1.29 is 9.47 Å². The number of hydrogen-bond acceptors (Lipinski definition) is 4. The summed E-state index contributed by atoms with van der Waals surface area (Å²) in [5.41, 5.74) is 12.1. The lowest BCUT2D eigenvalue weighted by atomic mass is 9.99. The first-order valence-electron chi connectivity index (χ1n) is 9.60. The normalized spacial score (nSPS) is 14.5. The van der Waals surface area contributed by atoms with Gasteiger partial charge >= 0.3 is 0 Å². The fourth-order valence-electron chi connectivity index (χ4n) is 3.45. The molecule has 28 heavy (non-hydrogen) atoms. The fourth-order valence-corrected chi connectivity index (χ4v) is 3.45. The molecule has 0 unspecified atom stereocenters. The second-order valence-electron chi connectivity index (χ2n) is 7.19. The molecule has 0 saturated heterocycles. The third-order valence-electron chi connectivity index (χ3n) is 5.27. The molecule has 0 atom stereocenters. The number of nitrogens with one attached hydrogen (secondary N) is 1. The zero-order valence-electron chi connectivity index (χ0n) is 17.2. The summed E-state index contributed by atoms with van der Waals surface area (Å²) in [7, 11) is 3.35. The molecule has 150 valence electrons. The monoisotopic (exact) mass is 382 g/mol. The van der Waals surface area contributed by atoms with Crippen molar-refractivity contribution in [3.63, 3.8) is 0 Å². The second kappa shape index (κ2) is 8.97. The lowest BCUT2D eigenvalue weighted by Gasteiger charge is -2.29. The number of nitrogens with two attached hydrogens (primary N) is 1. The Hall–Kier alpha value is -2.73.